The highest BCUT2D eigenvalue weighted by atomic mass is 16.5. The summed E-state index contributed by atoms with van der Waals surface area (Å²) in [7, 11) is 0. The molecule has 20 heavy (non-hydrogen) atoms. The fourth-order valence-electron chi connectivity index (χ4n) is 2.47. The Balaban J connectivity index is 2.86. The standard InChI is InChI=1S/C17H29NO2/c1-5-9-16(20-8-4)17(18-6-2)14-10-12-15(13-11-14)19-7-3/h10-13,16-18H,5-9H2,1-4H3. The van der Waals surface area contributed by atoms with Crippen molar-refractivity contribution in [3.8, 4) is 5.75 Å². The monoisotopic (exact) mass is 279 g/mol. The topological polar surface area (TPSA) is 30.5 Å². The van der Waals surface area contributed by atoms with Gasteiger partial charge >= 0.3 is 0 Å². The summed E-state index contributed by atoms with van der Waals surface area (Å²) in [6.45, 7) is 10.8. The van der Waals surface area contributed by atoms with Gasteiger partial charge in [-0.1, -0.05) is 32.4 Å². The zero-order valence-corrected chi connectivity index (χ0v) is 13.3. The predicted molar refractivity (Wildman–Crippen MR) is 84.4 cm³/mol. The number of benzene rings is 1. The minimum Gasteiger partial charge on any atom is -0.494 e. The second-order valence-corrected chi connectivity index (χ2v) is 4.82. The van der Waals surface area contributed by atoms with Crippen LogP contribution in [-0.4, -0.2) is 25.9 Å². The van der Waals surface area contributed by atoms with E-state index in [1.165, 1.54) is 5.56 Å². The van der Waals surface area contributed by atoms with Crippen molar-refractivity contribution in [2.24, 2.45) is 0 Å². The number of likely N-dealkylation sites (N-methyl/N-ethyl adjacent to an activating group) is 1. The summed E-state index contributed by atoms with van der Waals surface area (Å²) in [4.78, 5) is 0. The van der Waals surface area contributed by atoms with Gasteiger partial charge in [-0.2, -0.15) is 0 Å². The Labute approximate surface area is 123 Å². The van der Waals surface area contributed by atoms with Gasteiger partial charge in [-0.05, 0) is 44.5 Å². The molecule has 0 aliphatic heterocycles. The first-order chi connectivity index (χ1) is 9.76. The van der Waals surface area contributed by atoms with Crippen molar-refractivity contribution >= 4 is 0 Å². The van der Waals surface area contributed by atoms with Crippen LogP contribution in [0.4, 0.5) is 0 Å². The van der Waals surface area contributed by atoms with Crippen molar-refractivity contribution in [1.29, 1.82) is 0 Å². The Morgan fingerprint density at radius 1 is 1.00 bits per heavy atom. The summed E-state index contributed by atoms with van der Waals surface area (Å²) >= 11 is 0. The molecule has 1 N–H and O–H groups in total. The molecule has 1 aromatic rings. The molecule has 0 radical (unpaired) electrons. The number of nitrogens with one attached hydrogen (secondary N) is 1. The van der Waals surface area contributed by atoms with Crippen LogP contribution in [0.15, 0.2) is 24.3 Å². The molecule has 0 aromatic heterocycles. The number of rotatable bonds is 10. The molecule has 1 aromatic carbocycles. The number of hydrogen-bond acceptors (Lipinski definition) is 3. The lowest BCUT2D eigenvalue weighted by molar-refractivity contribution is 0.0280. The molecule has 0 aliphatic carbocycles. The van der Waals surface area contributed by atoms with Crippen molar-refractivity contribution < 1.29 is 9.47 Å². The predicted octanol–water partition coefficient (Wildman–Crippen LogP) is 3.94. The highest BCUT2D eigenvalue weighted by molar-refractivity contribution is 5.29. The van der Waals surface area contributed by atoms with E-state index in [-0.39, 0.29) is 12.1 Å². The van der Waals surface area contributed by atoms with E-state index in [9.17, 15) is 0 Å². The van der Waals surface area contributed by atoms with E-state index in [1.807, 2.05) is 19.1 Å². The SMILES string of the molecule is CCCC(OCC)C(NCC)c1ccc(OCC)cc1. The molecule has 1 rings (SSSR count). The van der Waals surface area contributed by atoms with E-state index in [0.29, 0.717) is 6.61 Å². The maximum Gasteiger partial charge on any atom is 0.119 e. The molecule has 0 saturated heterocycles. The summed E-state index contributed by atoms with van der Waals surface area (Å²) in [5.74, 6) is 0.926. The van der Waals surface area contributed by atoms with Gasteiger partial charge in [0.1, 0.15) is 5.75 Å². The molecule has 0 amide bonds. The first-order valence-corrected chi connectivity index (χ1v) is 7.84. The average Bonchev–Trinajstić information content (AvgIpc) is 2.46. The molecule has 0 spiro atoms. The minimum absolute atomic E-state index is 0.225. The minimum atomic E-state index is 0.225. The lowest BCUT2D eigenvalue weighted by atomic mass is 9.98. The largest absolute Gasteiger partial charge is 0.494 e. The number of ether oxygens (including phenoxy) is 2. The van der Waals surface area contributed by atoms with Crippen LogP contribution < -0.4 is 10.1 Å². The lowest BCUT2D eigenvalue weighted by Crippen LogP contribution is -2.34. The Morgan fingerprint density at radius 2 is 1.70 bits per heavy atom. The molecule has 2 atom stereocenters. The summed E-state index contributed by atoms with van der Waals surface area (Å²) in [5, 5.41) is 3.55. The van der Waals surface area contributed by atoms with Gasteiger partial charge in [0.15, 0.2) is 0 Å². The van der Waals surface area contributed by atoms with Gasteiger partial charge in [-0.25, -0.2) is 0 Å². The van der Waals surface area contributed by atoms with Crippen LogP contribution in [0.25, 0.3) is 0 Å². The van der Waals surface area contributed by atoms with Crippen LogP contribution in [0.2, 0.25) is 0 Å². The van der Waals surface area contributed by atoms with Gasteiger partial charge in [0.25, 0.3) is 0 Å². The van der Waals surface area contributed by atoms with Gasteiger partial charge in [0, 0.05) is 6.61 Å². The summed E-state index contributed by atoms with van der Waals surface area (Å²) in [6, 6.07) is 8.60. The van der Waals surface area contributed by atoms with Crippen molar-refractivity contribution in [2.45, 2.75) is 52.7 Å². The van der Waals surface area contributed by atoms with Crippen LogP contribution in [-0.2, 0) is 4.74 Å². The molecular formula is C17H29NO2. The second kappa shape index (κ2) is 9.78. The average molecular weight is 279 g/mol. The first kappa shape index (κ1) is 17.0. The maximum atomic E-state index is 5.94. The molecular weight excluding hydrogens is 250 g/mol. The Morgan fingerprint density at radius 3 is 2.20 bits per heavy atom. The fraction of sp³-hybridized carbons (Fsp3) is 0.647. The van der Waals surface area contributed by atoms with Crippen molar-refractivity contribution in [1.82, 2.24) is 5.32 Å². The van der Waals surface area contributed by atoms with Crippen LogP contribution in [0, 0.1) is 0 Å². The molecule has 3 nitrogen and oxygen atoms in total. The van der Waals surface area contributed by atoms with Crippen LogP contribution >= 0.6 is 0 Å². The highest BCUT2D eigenvalue weighted by Crippen LogP contribution is 2.25. The van der Waals surface area contributed by atoms with Gasteiger partial charge in [0.2, 0.25) is 0 Å². The third kappa shape index (κ3) is 5.14. The van der Waals surface area contributed by atoms with E-state index in [2.05, 4.69) is 38.2 Å². The van der Waals surface area contributed by atoms with E-state index >= 15 is 0 Å². The van der Waals surface area contributed by atoms with Crippen molar-refractivity contribution in [3.05, 3.63) is 29.8 Å². The van der Waals surface area contributed by atoms with E-state index in [1.54, 1.807) is 0 Å². The molecule has 0 aliphatic rings. The zero-order valence-electron chi connectivity index (χ0n) is 13.3. The van der Waals surface area contributed by atoms with Crippen LogP contribution in [0.1, 0.15) is 52.1 Å². The Hall–Kier alpha value is -1.06. The third-order valence-electron chi connectivity index (χ3n) is 3.30. The summed E-state index contributed by atoms with van der Waals surface area (Å²) in [6.07, 6.45) is 2.42. The van der Waals surface area contributed by atoms with Crippen molar-refractivity contribution in [3.63, 3.8) is 0 Å². The van der Waals surface area contributed by atoms with Gasteiger partial charge < -0.3 is 14.8 Å². The molecule has 0 heterocycles. The second-order valence-electron chi connectivity index (χ2n) is 4.82. The smallest absolute Gasteiger partial charge is 0.119 e. The van der Waals surface area contributed by atoms with Crippen LogP contribution in [0.3, 0.4) is 0 Å². The van der Waals surface area contributed by atoms with E-state index in [4.69, 9.17) is 9.47 Å². The normalized spacial score (nSPS) is 14.0. The van der Waals surface area contributed by atoms with Gasteiger partial charge in [-0.3, -0.25) is 0 Å². The molecule has 2 unspecified atom stereocenters. The fourth-order valence-corrected chi connectivity index (χ4v) is 2.47. The highest BCUT2D eigenvalue weighted by Gasteiger charge is 2.22. The summed E-state index contributed by atoms with van der Waals surface area (Å²) in [5.41, 5.74) is 1.27. The summed E-state index contributed by atoms with van der Waals surface area (Å²) < 4.78 is 11.4. The Bertz CT molecular complexity index is 345. The first-order valence-electron chi connectivity index (χ1n) is 7.84. The molecule has 3 heteroatoms. The van der Waals surface area contributed by atoms with Gasteiger partial charge in [-0.15, -0.1) is 0 Å². The van der Waals surface area contributed by atoms with Crippen LogP contribution in [0.5, 0.6) is 5.75 Å². The molecule has 0 saturated carbocycles. The molecule has 114 valence electrons. The van der Waals surface area contributed by atoms with Gasteiger partial charge in [0.05, 0.1) is 18.8 Å². The molecule has 0 bridgehead atoms. The Kier molecular flexibility index (Phi) is 8.31. The molecule has 0 fully saturated rings. The van der Waals surface area contributed by atoms with E-state index in [0.717, 1.165) is 31.7 Å². The lowest BCUT2D eigenvalue weighted by Gasteiger charge is -2.28. The maximum absolute atomic E-state index is 5.94. The number of hydrogen-bond donors (Lipinski definition) is 1. The third-order valence-corrected chi connectivity index (χ3v) is 3.30. The van der Waals surface area contributed by atoms with Crippen molar-refractivity contribution in [2.75, 3.05) is 19.8 Å². The van der Waals surface area contributed by atoms with E-state index < -0.39 is 0 Å². The quantitative estimate of drug-likeness (QED) is 0.703. The zero-order chi connectivity index (χ0) is 14.8.